The van der Waals surface area contributed by atoms with Gasteiger partial charge in [0.05, 0.1) is 10.6 Å². The first-order valence-electron chi connectivity index (χ1n) is 6.60. The van der Waals surface area contributed by atoms with Gasteiger partial charge in [-0.05, 0) is 34.9 Å². The summed E-state index contributed by atoms with van der Waals surface area (Å²) in [5.74, 6) is 1.15. The molecule has 5 heteroatoms. The molecule has 1 aromatic rings. The first-order valence-corrected chi connectivity index (χ1v) is 9.82. The van der Waals surface area contributed by atoms with Crippen LogP contribution in [0.15, 0.2) is 47.0 Å². The van der Waals surface area contributed by atoms with Crippen molar-refractivity contribution in [3.8, 4) is 0 Å². The zero-order chi connectivity index (χ0) is 13.9. The van der Waals surface area contributed by atoms with Gasteiger partial charge in [-0.1, -0.05) is 18.2 Å². The summed E-state index contributed by atoms with van der Waals surface area (Å²) in [6.07, 6.45) is 8.82. The van der Waals surface area contributed by atoms with Gasteiger partial charge in [0, 0.05) is 22.9 Å². The molecule has 0 aromatic carbocycles. The molecule has 0 radical (unpaired) electrons. The Morgan fingerprint density at radius 3 is 3.00 bits per heavy atom. The lowest BCUT2D eigenvalue weighted by Gasteiger charge is -2.18. The van der Waals surface area contributed by atoms with Gasteiger partial charge >= 0.3 is 0 Å². The number of nitrogens with two attached hydrogens (primary N) is 1. The summed E-state index contributed by atoms with van der Waals surface area (Å²) in [5.41, 5.74) is 9.95. The second kappa shape index (κ2) is 6.43. The van der Waals surface area contributed by atoms with Crippen LogP contribution in [0.4, 0.5) is 0 Å². The van der Waals surface area contributed by atoms with Crippen molar-refractivity contribution in [2.24, 2.45) is 5.73 Å². The lowest BCUT2D eigenvalue weighted by molar-refractivity contribution is 0.779. The van der Waals surface area contributed by atoms with Crippen molar-refractivity contribution in [2.45, 2.75) is 10.6 Å². The number of thioether (sulfide) groups is 2. The fourth-order valence-corrected chi connectivity index (χ4v) is 4.85. The van der Waals surface area contributed by atoms with Crippen molar-refractivity contribution in [3.05, 3.63) is 51.9 Å². The molecule has 1 aliphatic heterocycles. The highest BCUT2D eigenvalue weighted by Crippen LogP contribution is 2.34. The van der Waals surface area contributed by atoms with E-state index in [9.17, 15) is 0 Å². The molecule has 20 heavy (non-hydrogen) atoms. The normalized spacial score (nSPS) is 26.8. The van der Waals surface area contributed by atoms with Crippen molar-refractivity contribution in [1.82, 2.24) is 5.32 Å². The van der Waals surface area contributed by atoms with E-state index in [4.69, 9.17) is 5.73 Å². The van der Waals surface area contributed by atoms with Crippen LogP contribution in [0.3, 0.4) is 0 Å². The number of nitrogens with one attached hydrogen (secondary N) is 1. The minimum absolute atomic E-state index is 0.265. The van der Waals surface area contributed by atoms with E-state index in [2.05, 4.69) is 47.3 Å². The summed E-state index contributed by atoms with van der Waals surface area (Å²) in [5, 5.41) is 6.26. The van der Waals surface area contributed by atoms with Crippen LogP contribution in [-0.2, 0) is 0 Å². The van der Waals surface area contributed by atoms with Crippen molar-refractivity contribution < 1.29 is 0 Å². The fourth-order valence-electron chi connectivity index (χ4n) is 2.41. The topological polar surface area (TPSA) is 38.0 Å². The van der Waals surface area contributed by atoms with E-state index in [1.807, 2.05) is 11.8 Å². The van der Waals surface area contributed by atoms with Crippen LogP contribution < -0.4 is 11.1 Å². The molecule has 1 saturated heterocycles. The van der Waals surface area contributed by atoms with Gasteiger partial charge in [0.15, 0.2) is 0 Å². The first kappa shape index (κ1) is 14.3. The van der Waals surface area contributed by atoms with E-state index in [0.717, 1.165) is 18.0 Å². The molecule has 2 aliphatic rings. The summed E-state index contributed by atoms with van der Waals surface area (Å²) < 4.78 is 0. The first-order chi connectivity index (χ1) is 9.79. The van der Waals surface area contributed by atoms with Crippen LogP contribution in [0.5, 0.6) is 0 Å². The van der Waals surface area contributed by atoms with Crippen LogP contribution >= 0.6 is 34.9 Å². The van der Waals surface area contributed by atoms with E-state index in [0.29, 0.717) is 5.37 Å². The lowest BCUT2D eigenvalue weighted by Crippen LogP contribution is -2.26. The van der Waals surface area contributed by atoms with Gasteiger partial charge in [-0.2, -0.15) is 11.8 Å². The average Bonchev–Trinajstić information content (AvgIpc) is 3.13. The minimum Gasteiger partial charge on any atom is -0.401 e. The van der Waals surface area contributed by atoms with E-state index in [1.54, 1.807) is 23.1 Å². The third-order valence-corrected chi connectivity index (χ3v) is 6.49. The highest BCUT2D eigenvalue weighted by Gasteiger charge is 2.24. The maximum Gasteiger partial charge on any atom is 0.0807 e. The van der Waals surface area contributed by atoms with Gasteiger partial charge in [-0.15, -0.1) is 23.1 Å². The Morgan fingerprint density at radius 1 is 1.45 bits per heavy atom. The molecule has 2 heterocycles. The van der Waals surface area contributed by atoms with E-state index >= 15 is 0 Å². The van der Waals surface area contributed by atoms with Crippen molar-refractivity contribution in [3.63, 3.8) is 0 Å². The molecule has 0 spiro atoms. The minimum atomic E-state index is 0.265. The molecular formula is C15H18N2S3. The van der Waals surface area contributed by atoms with Gasteiger partial charge < -0.3 is 11.1 Å². The third kappa shape index (κ3) is 2.86. The van der Waals surface area contributed by atoms with Crippen LogP contribution in [0.1, 0.15) is 4.88 Å². The highest BCUT2D eigenvalue weighted by atomic mass is 32.2. The molecule has 106 valence electrons. The molecule has 1 fully saturated rings. The molecule has 3 N–H and O–H groups in total. The number of rotatable bonds is 3. The number of hydrogen-bond acceptors (Lipinski definition) is 5. The van der Waals surface area contributed by atoms with E-state index in [1.165, 1.54) is 16.0 Å². The highest BCUT2D eigenvalue weighted by molar-refractivity contribution is 8.00. The molecule has 3 rings (SSSR count). The molecule has 0 amide bonds. The second-order valence-electron chi connectivity index (χ2n) is 4.71. The van der Waals surface area contributed by atoms with Crippen molar-refractivity contribution in [1.29, 1.82) is 0 Å². The molecule has 0 bridgehead atoms. The molecule has 1 aromatic heterocycles. The van der Waals surface area contributed by atoms with Crippen LogP contribution in [0, 0.1) is 0 Å². The Kier molecular flexibility index (Phi) is 4.61. The molecule has 2 unspecified atom stereocenters. The van der Waals surface area contributed by atoms with Crippen LogP contribution in [0.2, 0.25) is 0 Å². The van der Waals surface area contributed by atoms with E-state index in [-0.39, 0.29) is 5.25 Å². The summed E-state index contributed by atoms with van der Waals surface area (Å²) in [6, 6.07) is 4.27. The Morgan fingerprint density at radius 2 is 2.35 bits per heavy atom. The maximum atomic E-state index is 6.44. The molecule has 2 atom stereocenters. The average molecular weight is 323 g/mol. The lowest BCUT2D eigenvalue weighted by atomic mass is 10.1. The number of thiophene rings is 1. The zero-order valence-electron chi connectivity index (χ0n) is 11.3. The second-order valence-corrected chi connectivity index (χ2v) is 7.85. The Hall–Kier alpha value is -0.620. The SMILES string of the molecule is CSC1C=CC(c2cccs2)=CC(C2NCCS2)=C1N. The standard InChI is InChI=1S/C15H18N2S3/c1-18-13-5-4-10(12-3-2-7-19-12)9-11(14(13)16)15-17-6-8-20-15/h2-5,7,9,13,15,17H,6,8,16H2,1H3. The smallest absolute Gasteiger partial charge is 0.0807 e. The predicted octanol–water partition coefficient (Wildman–Crippen LogP) is 3.31. The quantitative estimate of drug-likeness (QED) is 0.895. The zero-order valence-corrected chi connectivity index (χ0v) is 13.8. The maximum absolute atomic E-state index is 6.44. The monoisotopic (exact) mass is 322 g/mol. The summed E-state index contributed by atoms with van der Waals surface area (Å²) in [7, 11) is 0. The summed E-state index contributed by atoms with van der Waals surface area (Å²) in [6.45, 7) is 1.06. The Bertz CT molecular complexity index is 552. The van der Waals surface area contributed by atoms with Gasteiger partial charge in [0.1, 0.15) is 0 Å². The number of allylic oxidation sites excluding steroid dienone is 2. The molecular weight excluding hydrogens is 304 g/mol. The molecule has 0 saturated carbocycles. The third-order valence-electron chi connectivity index (χ3n) is 3.46. The summed E-state index contributed by atoms with van der Waals surface area (Å²) in [4.78, 5) is 1.30. The predicted molar refractivity (Wildman–Crippen MR) is 94.2 cm³/mol. The van der Waals surface area contributed by atoms with Crippen LogP contribution in [0.25, 0.3) is 5.57 Å². The van der Waals surface area contributed by atoms with Crippen molar-refractivity contribution >= 4 is 40.4 Å². The number of hydrogen-bond donors (Lipinski definition) is 2. The van der Waals surface area contributed by atoms with Gasteiger partial charge in [0.2, 0.25) is 0 Å². The van der Waals surface area contributed by atoms with Gasteiger partial charge in [0.25, 0.3) is 0 Å². The van der Waals surface area contributed by atoms with Crippen molar-refractivity contribution in [2.75, 3.05) is 18.6 Å². The Labute approximate surface area is 132 Å². The molecule has 2 nitrogen and oxygen atoms in total. The fraction of sp³-hybridized carbons (Fsp3) is 0.333. The van der Waals surface area contributed by atoms with E-state index < -0.39 is 0 Å². The largest absolute Gasteiger partial charge is 0.401 e. The van der Waals surface area contributed by atoms with Gasteiger partial charge in [-0.25, -0.2) is 0 Å². The summed E-state index contributed by atoms with van der Waals surface area (Å²) >= 11 is 5.52. The Balaban J connectivity index is 2.02. The molecule has 1 aliphatic carbocycles. The van der Waals surface area contributed by atoms with Gasteiger partial charge in [-0.3, -0.25) is 0 Å². The van der Waals surface area contributed by atoms with Crippen LogP contribution in [-0.4, -0.2) is 29.2 Å².